The molecule has 7 heteroatoms. The SMILES string of the molecule is CCN(C(=O)c1cc(F)ccc1-c1cc(C2CCNCC2)nn2c(C)ncc12)C(C)C. The summed E-state index contributed by atoms with van der Waals surface area (Å²) < 4.78 is 16.1. The molecule has 0 spiro atoms. The van der Waals surface area contributed by atoms with Crippen LogP contribution in [0.1, 0.15) is 61.4 Å². The minimum atomic E-state index is -0.416. The molecule has 1 aliphatic heterocycles. The highest BCUT2D eigenvalue weighted by molar-refractivity contribution is 6.02. The normalized spacial score (nSPS) is 15.0. The van der Waals surface area contributed by atoms with E-state index in [1.165, 1.54) is 12.1 Å². The van der Waals surface area contributed by atoms with Gasteiger partial charge in [-0.3, -0.25) is 4.79 Å². The van der Waals surface area contributed by atoms with Crippen LogP contribution < -0.4 is 5.32 Å². The van der Waals surface area contributed by atoms with Gasteiger partial charge < -0.3 is 10.2 Å². The first-order chi connectivity index (χ1) is 14.9. The zero-order valence-corrected chi connectivity index (χ0v) is 18.7. The quantitative estimate of drug-likeness (QED) is 0.669. The molecule has 2 aromatic heterocycles. The van der Waals surface area contributed by atoms with Crippen LogP contribution in [-0.4, -0.2) is 51.1 Å². The zero-order valence-electron chi connectivity index (χ0n) is 18.7. The summed E-state index contributed by atoms with van der Waals surface area (Å²) in [6.07, 6.45) is 3.80. The highest BCUT2D eigenvalue weighted by Gasteiger charge is 2.25. The van der Waals surface area contributed by atoms with Crippen LogP contribution in [0.15, 0.2) is 30.5 Å². The predicted octanol–water partition coefficient (Wildman–Crippen LogP) is 4.18. The van der Waals surface area contributed by atoms with Crippen molar-refractivity contribution in [3.63, 3.8) is 0 Å². The third kappa shape index (κ3) is 4.06. The van der Waals surface area contributed by atoms with Gasteiger partial charge in [0.1, 0.15) is 11.6 Å². The van der Waals surface area contributed by atoms with Gasteiger partial charge in [-0.15, -0.1) is 0 Å². The van der Waals surface area contributed by atoms with Gasteiger partial charge in [-0.25, -0.2) is 13.9 Å². The smallest absolute Gasteiger partial charge is 0.254 e. The number of nitrogens with zero attached hydrogens (tertiary/aromatic N) is 4. The van der Waals surface area contributed by atoms with Crippen molar-refractivity contribution >= 4 is 11.4 Å². The molecule has 0 bridgehead atoms. The summed E-state index contributed by atoms with van der Waals surface area (Å²) in [4.78, 5) is 19.6. The molecule has 6 nitrogen and oxygen atoms in total. The zero-order chi connectivity index (χ0) is 22.1. The predicted molar refractivity (Wildman–Crippen MR) is 120 cm³/mol. The Morgan fingerprint density at radius 1 is 1.26 bits per heavy atom. The van der Waals surface area contributed by atoms with Crippen molar-refractivity contribution in [3.8, 4) is 11.1 Å². The molecule has 31 heavy (non-hydrogen) atoms. The van der Waals surface area contributed by atoms with Crippen LogP contribution in [0.25, 0.3) is 16.6 Å². The van der Waals surface area contributed by atoms with E-state index >= 15 is 0 Å². The van der Waals surface area contributed by atoms with E-state index in [-0.39, 0.29) is 11.9 Å². The Kier molecular flexibility index (Phi) is 6.05. The Hall–Kier alpha value is -2.80. The van der Waals surface area contributed by atoms with Crippen molar-refractivity contribution in [3.05, 3.63) is 53.4 Å². The number of halogens is 1. The maximum atomic E-state index is 14.3. The molecule has 164 valence electrons. The average molecular weight is 424 g/mol. The molecule has 0 atom stereocenters. The Morgan fingerprint density at radius 3 is 2.68 bits per heavy atom. The van der Waals surface area contributed by atoms with E-state index in [1.54, 1.807) is 17.2 Å². The van der Waals surface area contributed by atoms with Crippen molar-refractivity contribution < 1.29 is 9.18 Å². The highest BCUT2D eigenvalue weighted by Crippen LogP contribution is 2.33. The summed E-state index contributed by atoms with van der Waals surface area (Å²) in [6.45, 7) is 10.3. The number of hydrogen-bond acceptors (Lipinski definition) is 4. The molecule has 0 unspecified atom stereocenters. The average Bonchev–Trinajstić information content (AvgIpc) is 3.15. The van der Waals surface area contributed by atoms with Crippen LogP contribution in [0, 0.1) is 12.7 Å². The van der Waals surface area contributed by atoms with Crippen molar-refractivity contribution in [1.82, 2.24) is 24.8 Å². The van der Waals surface area contributed by atoms with Gasteiger partial charge in [0.25, 0.3) is 5.91 Å². The first-order valence-corrected chi connectivity index (χ1v) is 11.1. The number of benzene rings is 1. The lowest BCUT2D eigenvalue weighted by Gasteiger charge is -2.27. The van der Waals surface area contributed by atoms with E-state index in [9.17, 15) is 9.18 Å². The van der Waals surface area contributed by atoms with E-state index in [0.717, 1.165) is 48.5 Å². The summed E-state index contributed by atoms with van der Waals surface area (Å²) in [7, 11) is 0. The molecule has 0 radical (unpaired) electrons. The lowest BCUT2D eigenvalue weighted by molar-refractivity contribution is 0.0717. The standard InChI is InChI=1S/C24H30FN5O/c1-5-29(15(2)3)24(31)21-12-18(25)6-7-19(21)20-13-22(17-8-10-26-11-9-17)28-30-16(4)27-14-23(20)30/h6-7,12-15,17,26H,5,8-11H2,1-4H3. The number of hydrogen-bond donors (Lipinski definition) is 1. The summed E-state index contributed by atoms with van der Waals surface area (Å²) in [5.41, 5.74) is 3.77. The molecule has 1 amide bonds. The minimum Gasteiger partial charge on any atom is -0.336 e. The van der Waals surface area contributed by atoms with Crippen molar-refractivity contribution in [2.75, 3.05) is 19.6 Å². The number of rotatable bonds is 5. The van der Waals surface area contributed by atoms with Crippen LogP contribution in [-0.2, 0) is 0 Å². The molecular formula is C24H30FN5O. The number of nitrogens with one attached hydrogen (secondary N) is 1. The van der Waals surface area contributed by atoms with Crippen molar-refractivity contribution in [1.29, 1.82) is 0 Å². The molecular weight excluding hydrogens is 393 g/mol. The molecule has 0 aliphatic carbocycles. The maximum Gasteiger partial charge on any atom is 0.254 e. The van der Waals surface area contributed by atoms with Gasteiger partial charge in [0.15, 0.2) is 0 Å². The van der Waals surface area contributed by atoms with Gasteiger partial charge in [-0.2, -0.15) is 5.10 Å². The fourth-order valence-electron chi connectivity index (χ4n) is 4.47. The van der Waals surface area contributed by atoms with Crippen LogP contribution >= 0.6 is 0 Å². The van der Waals surface area contributed by atoms with E-state index in [0.29, 0.717) is 23.6 Å². The van der Waals surface area contributed by atoms with Gasteiger partial charge >= 0.3 is 0 Å². The molecule has 3 heterocycles. The third-order valence-corrected chi connectivity index (χ3v) is 6.18. The molecule has 1 N–H and O–H groups in total. The number of carbonyl (C=O) groups excluding carboxylic acids is 1. The first-order valence-electron chi connectivity index (χ1n) is 11.1. The van der Waals surface area contributed by atoms with Crippen LogP contribution in [0.5, 0.6) is 0 Å². The molecule has 1 saturated heterocycles. The van der Waals surface area contributed by atoms with Crippen LogP contribution in [0.3, 0.4) is 0 Å². The van der Waals surface area contributed by atoms with Crippen molar-refractivity contribution in [2.45, 2.75) is 52.5 Å². The van der Waals surface area contributed by atoms with Gasteiger partial charge in [-0.1, -0.05) is 6.07 Å². The number of aryl methyl sites for hydroxylation is 1. The van der Waals surface area contributed by atoms with Gasteiger partial charge in [-0.05, 0) is 77.4 Å². The molecule has 1 fully saturated rings. The van der Waals surface area contributed by atoms with Crippen LogP contribution in [0.4, 0.5) is 4.39 Å². The summed E-state index contributed by atoms with van der Waals surface area (Å²) in [5.74, 6) is 0.551. The van der Waals surface area contributed by atoms with Crippen molar-refractivity contribution in [2.24, 2.45) is 0 Å². The highest BCUT2D eigenvalue weighted by atomic mass is 19.1. The fourth-order valence-corrected chi connectivity index (χ4v) is 4.47. The second kappa shape index (κ2) is 8.75. The Bertz CT molecular complexity index is 1100. The summed E-state index contributed by atoms with van der Waals surface area (Å²) in [5, 5.41) is 8.27. The molecule has 3 aromatic rings. The Morgan fingerprint density at radius 2 is 2.00 bits per heavy atom. The molecule has 1 aromatic carbocycles. The van der Waals surface area contributed by atoms with Gasteiger partial charge in [0.2, 0.25) is 0 Å². The minimum absolute atomic E-state index is 0.0218. The lowest BCUT2D eigenvalue weighted by Crippen LogP contribution is -2.37. The van der Waals surface area contributed by atoms with E-state index in [2.05, 4.69) is 16.4 Å². The second-order valence-corrected chi connectivity index (χ2v) is 8.48. The van der Waals surface area contributed by atoms with Crippen LogP contribution in [0.2, 0.25) is 0 Å². The number of piperidine rings is 1. The second-order valence-electron chi connectivity index (χ2n) is 8.48. The molecule has 1 aliphatic rings. The summed E-state index contributed by atoms with van der Waals surface area (Å²) in [6, 6.07) is 6.58. The Balaban J connectivity index is 1.91. The number of amides is 1. The molecule has 4 rings (SSSR count). The topological polar surface area (TPSA) is 62.5 Å². The number of carbonyl (C=O) groups is 1. The van der Waals surface area contributed by atoms with E-state index < -0.39 is 5.82 Å². The number of aromatic nitrogens is 3. The monoisotopic (exact) mass is 423 g/mol. The number of fused-ring (bicyclic) bond motifs is 1. The van der Waals surface area contributed by atoms with E-state index in [4.69, 9.17) is 5.10 Å². The fraction of sp³-hybridized carbons (Fsp3) is 0.458. The Labute approximate surface area is 182 Å². The van der Waals surface area contributed by atoms with Gasteiger partial charge in [0.05, 0.1) is 23.0 Å². The van der Waals surface area contributed by atoms with Gasteiger partial charge in [0, 0.05) is 24.1 Å². The maximum absolute atomic E-state index is 14.3. The largest absolute Gasteiger partial charge is 0.336 e. The summed E-state index contributed by atoms with van der Waals surface area (Å²) >= 11 is 0. The third-order valence-electron chi connectivity index (χ3n) is 6.18. The number of imidazole rings is 1. The lowest BCUT2D eigenvalue weighted by atomic mass is 9.91. The van der Waals surface area contributed by atoms with E-state index in [1.807, 2.05) is 32.2 Å². The molecule has 0 saturated carbocycles. The first kappa shape index (κ1) is 21.4.